The van der Waals surface area contributed by atoms with Crippen molar-refractivity contribution in [1.29, 1.82) is 0 Å². The molecule has 1 aromatic rings. The molecule has 0 aliphatic rings. The van der Waals surface area contributed by atoms with E-state index in [-0.39, 0.29) is 5.75 Å². The number of hydrogen-bond donors (Lipinski definition) is 3. The van der Waals surface area contributed by atoms with Gasteiger partial charge in [-0.15, -0.1) is 0 Å². The fraction of sp³-hybridized carbons (Fsp3) is 0.500. The van der Waals surface area contributed by atoms with E-state index in [9.17, 15) is 10.2 Å². The van der Waals surface area contributed by atoms with Crippen LogP contribution in [-0.2, 0) is 0 Å². The third kappa shape index (κ3) is 2.65. The minimum Gasteiger partial charge on any atom is -0.389 e. The maximum absolute atomic E-state index is 9.51. The van der Waals surface area contributed by atoms with Gasteiger partial charge in [0, 0.05) is 11.9 Å². The number of aliphatic hydroxyl groups is 2. The molecule has 0 aromatic carbocycles. The standard InChI is InChI=1S/C8H12N2O2S/c1-5-2-9-3-6(10-5)8(12)7(11)4-13/h2-3,7-8,11-13H,4H2,1H3. The Bertz CT molecular complexity index is 283. The van der Waals surface area contributed by atoms with Gasteiger partial charge in [0.05, 0.1) is 23.7 Å². The van der Waals surface area contributed by atoms with Crippen molar-refractivity contribution in [3.63, 3.8) is 0 Å². The molecule has 0 aliphatic heterocycles. The Morgan fingerprint density at radius 3 is 2.69 bits per heavy atom. The molecule has 1 aromatic heterocycles. The Labute approximate surface area is 82.1 Å². The summed E-state index contributed by atoms with van der Waals surface area (Å²) < 4.78 is 0. The van der Waals surface area contributed by atoms with Gasteiger partial charge in [0.25, 0.3) is 0 Å². The minimum absolute atomic E-state index is 0.191. The molecule has 5 heteroatoms. The summed E-state index contributed by atoms with van der Waals surface area (Å²) in [5, 5.41) is 18.8. The molecular formula is C8H12N2O2S. The molecule has 0 bridgehead atoms. The number of thiol groups is 1. The number of rotatable bonds is 3. The second kappa shape index (κ2) is 4.55. The molecule has 4 nitrogen and oxygen atoms in total. The highest BCUT2D eigenvalue weighted by Crippen LogP contribution is 2.14. The van der Waals surface area contributed by atoms with Gasteiger partial charge in [-0.1, -0.05) is 0 Å². The van der Waals surface area contributed by atoms with Gasteiger partial charge in [-0.25, -0.2) is 0 Å². The molecule has 0 aliphatic carbocycles. The van der Waals surface area contributed by atoms with E-state index in [0.29, 0.717) is 11.4 Å². The lowest BCUT2D eigenvalue weighted by molar-refractivity contribution is 0.0307. The van der Waals surface area contributed by atoms with Crippen LogP contribution >= 0.6 is 12.6 Å². The van der Waals surface area contributed by atoms with Crippen molar-refractivity contribution in [3.8, 4) is 0 Å². The molecule has 2 unspecified atom stereocenters. The van der Waals surface area contributed by atoms with Gasteiger partial charge < -0.3 is 10.2 Å². The van der Waals surface area contributed by atoms with E-state index >= 15 is 0 Å². The maximum Gasteiger partial charge on any atom is 0.124 e. The van der Waals surface area contributed by atoms with Crippen LogP contribution in [0.3, 0.4) is 0 Å². The third-order valence-electron chi connectivity index (χ3n) is 1.63. The van der Waals surface area contributed by atoms with E-state index in [1.165, 1.54) is 6.20 Å². The third-order valence-corrected chi connectivity index (χ3v) is 2.00. The second-order valence-electron chi connectivity index (χ2n) is 2.78. The van der Waals surface area contributed by atoms with Crippen LogP contribution in [0, 0.1) is 6.92 Å². The van der Waals surface area contributed by atoms with Crippen molar-refractivity contribution in [3.05, 3.63) is 23.8 Å². The lowest BCUT2D eigenvalue weighted by Crippen LogP contribution is -2.21. The van der Waals surface area contributed by atoms with Crippen molar-refractivity contribution >= 4 is 12.6 Å². The summed E-state index contributed by atoms with van der Waals surface area (Å²) in [6.07, 6.45) is 1.11. The number of aryl methyl sites for hydroxylation is 1. The molecule has 72 valence electrons. The van der Waals surface area contributed by atoms with Crippen molar-refractivity contribution in [1.82, 2.24) is 9.97 Å². The van der Waals surface area contributed by atoms with Crippen molar-refractivity contribution < 1.29 is 10.2 Å². The first kappa shape index (κ1) is 10.4. The Morgan fingerprint density at radius 1 is 1.46 bits per heavy atom. The lowest BCUT2D eigenvalue weighted by atomic mass is 10.2. The fourth-order valence-electron chi connectivity index (χ4n) is 0.922. The molecule has 0 saturated heterocycles. The average molecular weight is 200 g/mol. The summed E-state index contributed by atoms with van der Waals surface area (Å²) in [5.74, 6) is 0.191. The van der Waals surface area contributed by atoms with Crippen molar-refractivity contribution in [2.45, 2.75) is 19.1 Å². The topological polar surface area (TPSA) is 66.2 Å². The second-order valence-corrected chi connectivity index (χ2v) is 3.15. The van der Waals surface area contributed by atoms with Crippen LogP contribution in [0.25, 0.3) is 0 Å². The van der Waals surface area contributed by atoms with E-state index in [4.69, 9.17) is 0 Å². The van der Waals surface area contributed by atoms with E-state index in [1.54, 1.807) is 13.1 Å². The van der Waals surface area contributed by atoms with E-state index < -0.39 is 12.2 Å². The molecular weight excluding hydrogens is 188 g/mol. The molecule has 13 heavy (non-hydrogen) atoms. The highest BCUT2D eigenvalue weighted by molar-refractivity contribution is 7.80. The van der Waals surface area contributed by atoms with Gasteiger partial charge in [0.1, 0.15) is 6.10 Å². The first-order valence-corrected chi connectivity index (χ1v) is 4.54. The van der Waals surface area contributed by atoms with Crippen molar-refractivity contribution in [2.75, 3.05) is 5.75 Å². The largest absolute Gasteiger partial charge is 0.389 e. The smallest absolute Gasteiger partial charge is 0.124 e. The molecule has 2 N–H and O–H groups in total. The van der Waals surface area contributed by atoms with Crippen LogP contribution in [0.5, 0.6) is 0 Å². The van der Waals surface area contributed by atoms with Crippen LogP contribution < -0.4 is 0 Å². The number of nitrogens with zero attached hydrogens (tertiary/aromatic N) is 2. The van der Waals surface area contributed by atoms with Gasteiger partial charge in [0.2, 0.25) is 0 Å². The fourth-order valence-corrected chi connectivity index (χ4v) is 1.12. The Balaban J connectivity index is 2.82. The van der Waals surface area contributed by atoms with Crippen molar-refractivity contribution in [2.24, 2.45) is 0 Å². The Morgan fingerprint density at radius 2 is 2.15 bits per heavy atom. The van der Waals surface area contributed by atoms with E-state index in [2.05, 4.69) is 22.6 Å². The Kier molecular flexibility index (Phi) is 3.65. The molecule has 1 rings (SSSR count). The highest BCUT2D eigenvalue weighted by atomic mass is 32.1. The number of hydrogen-bond acceptors (Lipinski definition) is 5. The first-order valence-electron chi connectivity index (χ1n) is 3.90. The molecule has 0 amide bonds. The summed E-state index contributed by atoms with van der Waals surface area (Å²) >= 11 is 3.87. The summed E-state index contributed by atoms with van der Waals surface area (Å²) in [4.78, 5) is 7.90. The number of aliphatic hydroxyl groups excluding tert-OH is 2. The van der Waals surface area contributed by atoms with Crippen LogP contribution in [0.2, 0.25) is 0 Å². The zero-order chi connectivity index (χ0) is 9.84. The minimum atomic E-state index is -1.01. The van der Waals surface area contributed by atoms with Crippen LogP contribution in [0.1, 0.15) is 17.5 Å². The zero-order valence-electron chi connectivity index (χ0n) is 7.25. The summed E-state index contributed by atoms with van der Waals surface area (Å²) in [6, 6.07) is 0. The predicted octanol–water partition coefficient (Wildman–Crippen LogP) is 0.109. The molecule has 0 fully saturated rings. The van der Waals surface area contributed by atoms with Crippen LogP contribution in [-0.4, -0.2) is 32.0 Å². The van der Waals surface area contributed by atoms with E-state index in [1.807, 2.05) is 0 Å². The molecule has 0 radical (unpaired) electrons. The lowest BCUT2D eigenvalue weighted by Gasteiger charge is -2.14. The van der Waals surface area contributed by atoms with Crippen LogP contribution in [0.4, 0.5) is 0 Å². The highest BCUT2D eigenvalue weighted by Gasteiger charge is 2.18. The van der Waals surface area contributed by atoms with Gasteiger partial charge in [-0.05, 0) is 6.92 Å². The summed E-state index contributed by atoms with van der Waals surface area (Å²) in [5.41, 5.74) is 1.09. The van der Waals surface area contributed by atoms with E-state index in [0.717, 1.165) is 0 Å². The maximum atomic E-state index is 9.51. The quantitative estimate of drug-likeness (QED) is 0.606. The molecule has 0 saturated carbocycles. The predicted molar refractivity (Wildman–Crippen MR) is 51.6 cm³/mol. The monoisotopic (exact) mass is 200 g/mol. The van der Waals surface area contributed by atoms with Gasteiger partial charge in [-0.2, -0.15) is 12.6 Å². The van der Waals surface area contributed by atoms with Gasteiger partial charge in [-0.3, -0.25) is 9.97 Å². The zero-order valence-corrected chi connectivity index (χ0v) is 8.15. The number of aromatic nitrogens is 2. The van der Waals surface area contributed by atoms with Gasteiger partial charge >= 0.3 is 0 Å². The normalized spacial score (nSPS) is 15.4. The molecule has 1 heterocycles. The molecule has 2 atom stereocenters. The van der Waals surface area contributed by atoms with Crippen LogP contribution in [0.15, 0.2) is 12.4 Å². The first-order chi connectivity index (χ1) is 6.15. The summed E-state index contributed by atoms with van der Waals surface area (Å²) in [7, 11) is 0. The Hall–Kier alpha value is -0.650. The van der Waals surface area contributed by atoms with Gasteiger partial charge in [0.15, 0.2) is 0 Å². The average Bonchev–Trinajstić information content (AvgIpc) is 2.15. The molecule has 0 spiro atoms. The summed E-state index contributed by atoms with van der Waals surface area (Å²) in [6.45, 7) is 1.77. The SMILES string of the molecule is Cc1cncc(C(O)C(O)CS)n1.